The van der Waals surface area contributed by atoms with Crippen molar-refractivity contribution >= 4 is 26.3 Å². The van der Waals surface area contributed by atoms with Crippen molar-refractivity contribution in [2.75, 3.05) is 0 Å². The van der Waals surface area contributed by atoms with Crippen LogP contribution in [0.15, 0.2) is 60.7 Å². The second-order valence-electron chi connectivity index (χ2n) is 4.81. The number of rotatable bonds is 7. The Morgan fingerprint density at radius 1 is 0.650 bits per heavy atom. The molecule has 0 saturated heterocycles. The molecule has 20 heavy (non-hydrogen) atoms. The van der Waals surface area contributed by atoms with Gasteiger partial charge in [-0.15, -0.1) is 0 Å². The molecule has 0 aliphatic rings. The van der Waals surface area contributed by atoms with E-state index < -0.39 is 0 Å². The Morgan fingerprint density at radius 3 is 1.30 bits per heavy atom. The molecule has 0 spiro atoms. The number of hydrogen-bond donors (Lipinski definition) is 0. The molecule has 0 saturated carbocycles. The van der Waals surface area contributed by atoms with Gasteiger partial charge in [0.25, 0.3) is 0 Å². The van der Waals surface area contributed by atoms with Crippen LogP contribution in [0, 0.1) is 0 Å². The first-order valence-electron chi connectivity index (χ1n) is 7.27. The van der Waals surface area contributed by atoms with E-state index in [0.717, 1.165) is 35.9 Å². The van der Waals surface area contributed by atoms with Gasteiger partial charge in [0, 0.05) is 0 Å². The van der Waals surface area contributed by atoms with E-state index >= 15 is 0 Å². The van der Waals surface area contributed by atoms with Crippen molar-refractivity contribution in [1.29, 1.82) is 0 Å². The van der Waals surface area contributed by atoms with Crippen LogP contribution in [0.1, 0.15) is 47.4 Å². The molecule has 0 aromatic heterocycles. The van der Waals surface area contributed by atoms with E-state index in [1.807, 2.05) is 0 Å². The van der Waals surface area contributed by atoms with E-state index in [1.54, 1.807) is 11.1 Å². The van der Waals surface area contributed by atoms with Gasteiger partial charge in [0.1, 0.15) is 0 Å². The zero-order valence-corrected chi connectivity index (χ0v) is 15.6. The summed E-state index contributed by atoms with van der Waals surface area (Å²) in [4.78, 5) is 1.59. The first-order chi connectivity index (χ1) is 9.85. The maximum absolute atomic E-state index is 2.33. The summed E-state index contributed by atoms with van der Waals surface area (Å²) >= 11 is 1.47. The summed E-state index contributed by atoms with van der Waals surface area (Å²) in [5, 5.41) is 0. The van der Waals surface area contributed by atoms with Crippen molar-refractivity contribution < 1.29 is 0 Å². The van der Waals surface area contributed by atoms with Crippen molar-refractivity contribution in [2.24, 2.45) is 0 Å². The zero-order valence-electron chi connectivity index (χ0n) is 12.2. The average molecular weight is 396 g/mol. The Kier molecular flexibility index (Phi) is 6.90. The third-order valence-corrected chi connectivity index (χ3v) is 13.4. The van der Waals surface area contributed by atoms with Gasteiger partial charge in [0.2, 0.25) is 0 Å². The summed E-state index contributed by atoms with van der Waals surface area (Å²) in [7, 11) is 0. The first kappa shape index (κ1) is 15.9. The zero-order chi connectivity index (χ0) is 14.2. The van der Waals surface area contributed by atoms with Crippen LogP contribution in [0.4, 0.5) is 0 Å². The van der Waals surface area contributed by atoms with Crippen molar-refractivity contribution in [3.05, 3.63) is 71.8 Å². The molecule has 0 heterocycles. The van der Waals surface area contributed by atoms with E-state index in [1.165, 1.54) is 12.8 Å². The molecule has 106 valence electrons. The summed E-state index contributed by atoms with van der Waals surface area (Å²) < 4.78 is 0. The van der Waals surface area contributed by atoms with Crippen LogP contribution in [-0.2, 0) is 0 Å². The minimum atomic E-state index is 0.736. The molecule has 0 fully saturated rings. The molecule has 0 aliphatic carbocycles. The summed E-state index contributed by atoms with van der Waals surface area (Å²) in [5.41, 5.74) is 3.08. The molecule has 0 radical (unpaired) electrons. The van der Waals surface area contributed by atoms with Gasteiger partial charge < -0.3 is 0 Å². The van der Waals surface area contributed by atoms with E-state index in [4.69, 9.17) is 0 Å². The standard InChI is InChI=1S/C18H22Se2/c1-3-17(15-11-7-5-8-12-15)19-20-18(4-2)16-13-9-6-10-14-16/h5-14,17-18H,3-4H2,1-2H3. The third kappa shape index (κ3) is 4.50. The number of hydrogen-bond acceptors (Lipinski definition) is 0. The molecule has 0 aliphatic heterocycles. The molecule has 0 nitrogen and oxygen atoms in total. The molecule has 0 bridgehead atoms. The molecule has 2 atom stereocenters. The Bertz CT molecular complexity index is 434. The molecule has 2 aromatic rings. The molecule has 0 N–H and O–H groups in total. The fraction of sp³-hybridized carbons (Fsp3) is 0.333. The molecule has 2 heteroatoms. The summed E-state index contributed by atoms with van der Waals surface area (Å²) in [6, 6.07) is 22.1. The van der Waals surface area contributed by atoms with Gasteiger partial charge in [0.15, 0.2) is 0 Å². The van der Waals surface area contributed by atoms with Gasteiger partial charge >= 0.3 is 134 Å². The fourth-order valence-corrected chi connectivity index (χ4v) is 12.8. The maximum atomic E-state index is 2.33. The Morgan fingerprint density at radius 2 is 1.00 bits per heavy atom. The van der Waals surface area contributed by atoms with Gasteiger partial charge in [-0.1, -0.05) is 0 Å². The Labute approximate surface area is 134 Å². The van der Waals surface area contributed by atoms with Crippen molar-refractivity contribution in [1.82, 2.24) is 0 Å². The monoisotopic (exact) mass is 398 g/mol. The topological polar surface area (TPSA) is 0 Å². The second-order valence-corrected chi connectivity index (χ2v) is 12.2. The first-order valence-corrected chi connectivity index (χ1v) is 13.6. The van der Waals surface area contributed by atoms with Crippen LogP contribution >= 0.6 is 0 Å². The van der Waals surface area contributed by atoms with E-state index in [0.29, 0.717) is 0 Å². The minimum absolute atomic E-state index is 0.736. The van der Waals surface area contributed by atoms with Gasteiger partial charge in [-0.05, 0) is 0 Å². The van der Waals surface area contributed by atoms with Gasteiger partial charge in [-0.25, -0.2) is 0 Å². The summed E-state index contributed by atoms with van der Waals surface area (Å²) in [6.07, 6.45) is 2.55. The quantitative estimate of drug-likeness (QED) is 0.600. The normalized spacial score (nSPS) is 13.9. The van der Waals surface area contributed by atoms with Crippen LogP contribution in [0.5, 0.6) is 0 Å². The van der Waals surface area contributed by atoms with Crippen LogP contribution < -0.4 is 0 Å². The van der Waals surface area contributed by atoms with Crippen LogP contribution in [0.2, 0.25) is 0 Å². The molecule has 2 rings (SSSR count). The fourth-order valence-electron chi connectivity index (χ4n) is 2.19. The average Bonchev–Trinajstić information content (AvgIpc) is 2.53. The van der Waals surface area contributed by atoms with E-state index in [2.05, 4.69) is 74.5 Å². The number of benzene rings is 2. The summed E-state index contributed by atoms with van der Waals surface area (Å²) in [5.74, 6) is 0. The van der Waals surface area contributed by atoms with Crippen molar-refractivity contribution in [2.45, 2.75) is 36.3 Å². The van der Waals surface area contributed by atoms with Crippen LogP contribution in [0.3, 0.4) is 0 Å². The van der Waals surface area contributed by atoms with E-state index in [-0.39, 0.29) is 0 Å². The van der Waals surface area contributed by atoms with Crippen LogP contribution in [-0.4, -0.2) is 26.3 Å². The van der Waals surface area contributed by atoms with Gasteiger partial charge in [0.05, 0.1) is 0 Å². The molecular formula is C18H22Se2. The third-order valence-electron chi connectivity index (χ3n) is 3.37. The Hall–Kier alpha value is -0.521. The van der Waals surface area contributed by atoms with Crippen LogP contribution in [0.25, 0.3) is 0 Å². The SMILES string of the molecule is CCC([Se][Se]C(CC)c1ccccc1)c1ccccc1. The van der Waals surface area contributed by atoms with Gasteiger partial charge in [-0.2, -0.15) is 0 Å². The van der Waals surface area contributed by atoms with Crippen molar-refractivity contribution in [3.63, 3.8) is 0 Å². The second kappa shape index (κ2) is 8.70. The molecule has 2 aromatic carbocycles. The van der Waals surface area contributed by atoms with Crippen molar-refractivity contribution in [3.8, 4) is 0 Å². The molecule has 0 amide bonds. The predicted octanol–water partition coefficient (Wildman–Crippen LogP) is 4.61. The van der Waals surface area contributed by atoms with Gasteiger partial charge in [-0.3, -0.25) is 0 Å². The predicted molar refractivity (Wildman–Crippen MR) is 90.5 cm³/mol. The Balaban J connectivity index is 1.99. The molecule has 2 unspecified atom stereocenters. The molecular weight excluding hydrogens is 374 g/mol. The summed E-state index contributed by atoms with van der Waals surface area (Å²) in [6.45, 7) is 4.66. The van der Waals surface area contributed by atoms with E-state index in [9.17, 15) is 0 Å².